The molecule has 0 spiro atoms. The van der Waals surface area contributed by atoms with Crippen molar-refractivity contribution < 1.29 is 19.0 Å². The first-order valence-electron chi connectivity index (χ1n) is 7.46. The van der Waals surface area contributed by atoms with Crippen LogP contribution in [0.15, 0.2) is 36.4 Å². The lowest BCUT2D eigenvalue weighted by molar-refractivity contribution is -0.113. The molecule has 1 atom stereocenters. The zero-order chi connectivity index (χ0) is 17.0. The molecular formula is C18H23NO4. The van der Waals surface area contributed by atoms with Gasteiger partial charge in [0, 0.05) is 19.6 Å². The fourth-order valence-electron chi connectivity index (χ4n) is 2.86. The number of carbonyl (C=O) groups excluding carboxylic acids is 1. The van der Waals surface area contributed by atoms with E-state index in [1.165, 1.54) is 7.11 Å². The predicted molar refractivity (Wildman–Crippen MR) is 90.8 cm³/mol. The maximum atomic E-state index is 12.5. The van der Waals surface area contributed by atoms with E-state index in [0.717, 1.165) is 22.0 Å². The maximum absolute atomic E-state index is 12.5. The summed E-state index contributed by atoms with van der Waals surface area (Å²) >= 11 is 0. The lowest BCUT2D eigenvalue weighted by Crippen LogP contribution is -2.47. The molecule has 0 aromatic heterocycles. The number of amides is 1. The first-order valence-corrected chi connectivity index (χ1v) is 7.46. The van der Waals surface area contributed by atoms with E-state index in [0.29, 0.717) is 0 Å². The highest BCUT2D eigenvalue weighted by molar-refractivity contribution is 6.03. The number of benzene rings is 2. The Kier molecular flexibility index (Phi) is 5.58. The van der Waals surface area contributed by atoms with Crippen molar-refractivity contribution in [3.63, 3.8) is 0 Å². The number of methoxy groups -OCH3 is 3. The van der Waals surface area contributed by atoms with Gasteiger partial charge in [0.25, 0.3) is 0 Å². The molecule has 23 heavy (non-hydrogen) atoms. The highest BCUT2D eigenvalue weighted by atomic mass is 16.7. The molecule has 124 valence electrons. The molecule has 0 saturated heterocycles. The summed E-state index contributed by atoms with van der Waals surface area (Å²) in [6.07, 6.45) is -1.01. The summed E-state index contributed by atoms with van der Waals surface area (Å²) in [7, 11) is 4.48. The zero-order valence-electron chi connectivity index (χ0n) is 14.2. The number of aryl methyl sites for hydroxylation is 1. The Balaban J connectivity index is 2.65. The summed E-state index contributed by atoms with van der Waals surface area (Å²) in [5, 5.41) is 2.04. The van der Waals surface area contributed by atoms with Gasteiger partial charge in [0.15, 0.2) is 6.29 Å². The third-order valence-corrected chi connectivity index (χ3v) is 3.98. The van der Waals surface area contributed by atoms with Crippen molar-refractivity contribution in [1.82, 2.24) is 0 Å². The van der Waals surface area contributed by atoms with Crippen LogP contribution in [-0.4, -0.2) is 39.8 Å². The summed E-state index contributed by atoms with van der Waals surface area (Å²) in [6.45, 7) is 3.84. The van der Waals surface area contributed by atoms with Gasteiger partial charge in [0.05, 0.1) is 18.8 Å². The van der Waals surface area contributed by atoms with Gasteiger partial charge in [0.2, 0.25) is 0 Å². The number of hydrogen-bond donors (Lipinski definition) is 0. The van der Waals surface area contributed by atoms with Crippen molar-refractivity contribution in [1.29, 1.82) is 0 Å². The largest absolute Gasteiger partial charge is 0.452 e. The second-order valence-corrected chi connectivity index (χ2v) is 5.37. The van der Waals surface area contributed by atoms with E-state index in [4.69, 9.17) is 14.2 Å². The van der Waals surface area contributed by atoms with Crippen molar-refractivity contribution in [3.05, 3.63) is 42.0 Å². The Morgan fingerprint density at radius 2 is 1.70 bits per heavy atom. The molecule has 5 heteroatoms. The minimum absolute atomic E-state index is 0.359. The Hall–Kier alpha value is -2.11. The zero-order valence-corrected chi connectivity index (χ0v) is 14.2. The van der Waals surface area contributed by atoms with Crippen LogP contribution in [0.25, 0.3) is 10.8 Å². The molecule has 2 aromatic carbocycles. The molecule has 0 saturated carbocycles. The van der Waals surface area contributed by atoms with Gasteiger partial charge in [-0.25, -0.2) is 4.79 Å². The molecule has 1 amide bonds. The summed E-state index contributed by atoms with van der Waals surface area (Å²) < 4.78 is 15.7. The van der Waals surface area contributed by atoms with Crippen LogP contribution in [0.2, 0.25) is 0 Å². The fourth-order valence-corrected chi connectivity index (χ4v) is 2.86. The van der Waals surface area contributed by atoms with E-state index in [1.807, 2.05) is 50.2 Å². The van der Waals surface area contributed by atoms with Crippen LogP contribution in [0.5, 0.6) is 0 Å². The average molecular weight is 317 g/mol. The van der Waals surface area contributed by atoms with Gasteiger partial charge in [-0.05, 0) is 24.8 Å². The molecule has 0 fully saturated rings. The summed E-state index contributed by atoms with van der Waals surface area (Å²) in [4.78, 5) is 14.1. The van der Waals surface area contributed by atoms with Crippen LogP contribution in [0.4, 0.5) is 10.5 Å². The van der Waals surface area contributed by atoms with Gasteiger partial charge >= 0.3 is 6.09 Å². The SMILES string of the molecule is COC(=O)N(c1c(C)ccc2ccccc12)C(C)C(OC)OC. The molecule has 2 aromatic rings. The van der Waals surface area contributed by atoms with Crippen molar-refractivity contribution in [2.24, 2.45) is 0 Å². The summed E-state index contributed by atoms with van der Waals surface area (Å²) in [5.41, 5.74) is 1.79. The maximum Gasteiger partial charge on any atom is 0.414 e. The average Bonchev–Trinajstić information content (AvgIpc) is 2.58. The third kappa shape index (κ3) is 3.30. The smallest absolute Gasteiger partial charge is 0.414 e. The van der Waals surface area contributed by atoms with Crippen LogP contribution < -0.4 is 4.90 Å². The molecule has 0 aliphatic rings. The monoisotopic (exact) mass is 317 g/mol. The molecule has 0 aliphatic carbocycles. The van der Waals surface area contributed by atoms with Crippen molar-refractivity contribution >= 4 is 22.6 Å². The normalized spacial score (nSPS) is 12.4. The first kappa shape index (κ1) is 17.2. The Morgan fingerprint density at radius 1 is 1.04 bits per heavy atom. The Labute approximate surface area is 136 Å². The summed E-state index contributed by atoms with van der Waals surface area (Å²) in [6, 6.07) is 11.6. The van der Waals surface area contributed by atoms with Gasteiger partial charge in [-0.2, -0.15) is 0 Å². The highest BCUT2D eigenvalue weighted by Crippen LogP contribution is 2.33. The fraction of sp³-hybridized carbons (Fsp3) is 0.389. The number of rotatable bonds is 5. The van der Waals surface area contributed by atoms with E-state index in [1.54, 1.807) is 19.1 Å². The van der Waals surface area contributed by atoms with E-state index < -0.39 is 12.4 Å². The molecule has 2 rings (SSSR count). The van der Waals surface area contributed by atoms with Gasteiger partial charge in [-0.15, -0.1) is 0 Å². The predicted octanol–water partition coefficient (Wildman–Crippen LogP) is 3.73. The number of ether oxygens (including phenoxy) is 3. The van der Waals surface area contributed by atoms with Crippen LogP contribution in [-0.2, 0) is 14.2 Å². The molecule has 5 nitrogen and oxygen atoms in total. The van der Waals surface area contributed by atoms with Crippen molar-refractivity contribution in [3.8, 4) is 0 Å². The number of nitrogens with zero attached hydrogens (tertiary/aromatic N) is 1. The van der Waals surface area contributed by atoms with E-state index in [9.17, 15) is 4.79 Å². The molecular weight excluding hydrogens is 294 g/mol. The number of hydrogen-bond acceptors (Lipinski definition) is 4. The van der Waals surface area contributed by atoms with Crippen molar-refractivity contribution in [2.45, 2.75) is 26.2 Å². The third-order valence-electron chi connectivity index (χ3n) is 3.98. The first-order chi connectivity index (χ1) is 11.0. The Bertz CT molecular complexity index is 682. The number of fused-ring (bicyclic) bond motifs is 1. The van der Waals surface area contributed by atoms with Crippen molar-refractivity contribution in [2.75, 3.05) is 26.2 Å². The topological polar surface area (TPSA) is 48.0 Å². The van der Waals surface area contributed by atoms with Gasteiger partial charge in [-0.3, -0.25) is 4.90 Å². The molecule has 1 unspecified atom stereocenters. The number of carbonyl (C=O) groups is 1. The van der Waals surface area contributed by atoms with Gasteiger partial charge in [0.1, 0.15) is 0 Å². The van der Waals surface area contributed by atoms with Crippen LogP contribution in [0, 0.1) is 6.92 Å². The van der Waals surface area contributed by atoms with Gasteiger partial charge < -0.3 is 14.2 Å². The second-order valence-electron chi connectivity index (χ2n) is 5.37. The lowest BCUT2D eigenvalue weighted by atomic mass is 10.0. The van der Waals surface area contributed by atoms with Crippen LogP contribution >= 0.6 is 0 Å². The van der Waals surface area contributed by atoms with E-state index in [2.05, 4.69) is 0 Å². The minimum Gasteiger partial charge on any atom is -0.452 e. The molecule has 0 bridgehead atoms. The standard InChI is InChI=1S/C18H23NO4/c1-12-10-11-14-8-6-7-9-15(14)16(12)19(18(20)23-5)13(2)17(21-3)22-4/h6-11,13,17H,1-5H3. The second kappa shape index (κ2) is 7.44. The lowest BCUT2D eigenvalue weighted by Gasteiger charge is -2.33. The molecule has 0 heterocycles. The quantitative estimate of drug-likeness (QED) is 0.788. The molecule has 0 radical (unpaired) electrons. The van der Waals surface area contributed by atoms with Crippen LogP contribution in [0.3, 0.4) is 0 Å². The molecule has 0 aliphatic heterocycles. The minimum atomic E-state index is -0.563. The van der Waals surface area contributed by atoms with E-state index >= 15 is 0 Å². The van der Waals surface area contributed by atoms with Gasteiger partial charge in [-0.1, -0.05) is 36.4 Å². The summed E-state index contributed by atoms with van der Waals surface area (Å²) in [5.74, 6) is 0. The van der Waals surface area contributed by atoms with E-state index in [-0.39, 0.29) is 6.04 Å². The molecule has 0 N–H and O–H groups in total. The van der Waals surface area contributed by atoms with Crippen LogP contribution in [0.1, 0.15) is 12.5 Å². The Morgan fingerprint density at radius 3 is 2.30 bits per heavy atom. The highest BCUT2D eigenvalue weighted by Gasteiger charge is 2.31. The number of anilines is 1.